The number of carbonyl (C=O) groups excluding carboxylic acids is 1. The molecular formula is C26H28ClFN4O4S. The number of esters is 1. The van der Waals surface area contributed by atoms with E-state index in [0.29, 0.717) is 43.9 Å². The highest BCUT2D eigenvalue weighted by Gasteiger charge is 2.38. The lowest BCUT2D eigenvalue weighted by Gasteiger charge is -2.38. The van der Waals surface area contributed by atoms with Gasteiger partial charge < -0.3 is 9.64 Å². The van der Waals surface area contributed by atoms with E-state index in [1.165, 1.54) is 30.3 Å². The van der Waals surface area contributed by atoms with Gasteiger partial charge in [0.2, 0.25) is 0 Å². The van der Waals surface area contributed by atoms with Crippen molar-refractivity contribution in [3.63, 3.8) is 0 Å². The number of nitrogens with zero attached hydrogens (tertiary/aromatic N) is 3. The first-order chi connectivity index (χ1) is 17.5. The van der Waals surface area contributed by atoms with Gasteiger partial charge in [-0.3, -0.25) is 9.52 Å². The highest BCUT2D eigenvalue weighted by Crippen LogP contribution is 2.34. The van der Waals surface area contributed by atoms with E-state index in [1.54, 1.807) is 32.0 Å². The molecule has 4 rings (SSSR count). The van der Waals surface area contributed by atoms with Gasteiger partial charge in [0.15, 0.2) is 5.03 Å². The molecule has 1 saturated heterocycles. The summed E-state index contributed by atoms with van der Waals surface area (Å²) in [5.41, 5.74) is 0.894. The number of hydrogen-bond donors (Lipinski definition) is 1. The number of aromatic nitrogens is 2. The van der Waals surface area contributed by atoms with Crippen molar-refractivity contribution >= 4 is 39.2 Å². The summed E-state index contributed by atoms with van der Waals surface area (Å²) in [6, 6.07) is 11.9. The highest BCUT2D eigenvalue weighted by atomic mass is 35.5. The number of aryl methyl sites for hydroxylation is 1. The zero-order chi connectivity index (χ0) is 26.8. The molecule has 0 aliphatic carbocycles. The Bertz CT molecular complexity index is 1430. The van der Waals surface area contributed by atoms with Crippen molar-refractivity contribution < 1.29 is 22.3 Å². The minimum Gasteiger partial charge on any atom is -0.466 e. The van der Waals surface area contributed by atoms with Crippen molar-refractivity contribution in [1.29, 1.82) is 0 Å². The van der Waals surface area contributed by atoms with Gasteiger partial charge in [0, 0.05) is 18.7 Å². The third-order valence-electron chi connectivity index (χ3n) is 6.48. The Morgan fingerprint density at radius 1 is 1.16 bits per heavy atom. The summed E-state index contributed by atoms with van der Waals surface area (Å²) < 4.78 is 47.8. The molecule has 3 aromatic rings. The van der Waals surface area contributed by atoms with Crippen LogP contribution in [-0.4, -0.2) is 44.1 Å². The molecule has 8 nitrogen and oxygen atoms in total. The Morgan fingerprint density at radius 2 is 1.89 bits per heavy atom. The number of benzene rings is 1. The van der Waals surface area contributed by atoms with Crippen LogP contribution in [-0.2, 0) is 19.6 Å². The van der Waals surface area contributed by atoms with Gasteiger partial charge in [0.05, 0.1) is 22.7 Å². The third kappa shape index (κ3) is 5.86. The molecule has 1 aliphatic rings. The predicted octanol–water partition coefficient (Wildman–Crippen LogP) is 5.21. The average Bonchev–Trinajstić information content (AvgIpc) is 2.87. The summed E-state index contributed by atoms with van der Waals surface area (Å²) in [7, 11) is -4.09. The van der Waals surface area contributed by atoms with E-state index < -0.39 is 21.3 Å². The van der Waals surface area contributed by atoms with Gasteiger partial charge in [-0.15, -0.1) is 0 Å². The van der Waals surface area contributed by atoms with Gasteiger partial charge in [0.1, 0.15) is 17.5 Å². The Kier molecular flexibility index (Phi) is 7.70. The van der Waals surface area contributed by atoms with Gasteiger partial charge in [-0.2, -0.15) is 8.42 Å². The lowest BCUT2D eigenvalue weighted by molar-refractivity contribution is -0.155. The van der Waals surface area contributed by atoms with Gasteiger partial charge in [-0.1, -0.05) is 23.7 Å². The molecule has 0 atom stereocenters. The molecule has 11 heteroatoms. The van der Waals surface area contributed by atoms with Crippen LogP contribution in [0.3, 0.4) is 0 Å². The van der Waals surface area contributed by atoms with Crippen LogP contribution in [0.1, 0.15) is 32.3 Å². The predicted molar refractivity (Wildman–Crippen MR) is 141 cm³/mol. The largest absolute Gasteiger partial charge is 0.466 e. The summed E-state index contributed by atoms with van der Waals surface area (Å²) in [5, 5.41) is 0.0839. The molecule has 3 heterocycles. The first-order valence-corrected chi connectivity index (χ1v) is 13.7. The average molecular weight is 547 g/mol. The molecular weight excluding hydrogens is 519 g/mol. The van der Waals surface area contributed by atoms with E-state index in [2.05, 4.69) is 14.7 Å². The molecule has 196 valence electrons. The molecule has 1 fully saturated rings. The van der Waals surface area contributed by atoms with Crippen molar-refractivity contribution in [3.05, 3.63) is 64.9 Å². The number of hydrogen-bond acceptors (Lipinski definition) is 7. The van der Waals surface area contributed by atoms with Crippen LogP contribution in [0.25, 0.3) is 11.3 Å². The molecule has 0 bridgehead atoms. The number of ether oxygens (including phenoxy) is 1. The van der Waals surface area contributed by atoms with Crippen molar-refractivity contribution in [1.82, 2.24) is 9.97 Å². The number of halogens is 2. The van der Waals surface area contributed by atoms with E-state index in [1.807, 2.05) is 11.8 Å². The molecule has 37 heavy (non-hydrogen) atoms. The lowest BCUT2D eigenvalue weighted by Crippen LogP contribution is -2.43. The SMILES string of the molecule is CCOC(=O)C1(C)CCN(c2cccc(S(=O)(=O)Nc3ccc(Cl)c(-c4cc(F)ccc4C)n3)n2)CC1. The van der Waals surface area contributed by atoms with Crippen molar-refractivity contribution in [2.24, 2.45) is 5.41 Å². The minimum atomic E-state index is -4.09. The highest BCUT2D eigenvalue weighted by molar-refractivity contribution is 7.92. The molecule has 0 unspecified atom stereocenters. The number of carbonyl (C=O) groups is 1. The maximum Gasteiger partial charge on any atom is 0.311 e. The molecule has 0 saturated carbocycles. The van der Waals surface area contributed by atoms with Crippen LogP contribution in [0.4, 0.5) is 16.0 Å². The van der Waals surface area contributed by atoms with Crippen LogP contribution in [0.5, 0.6) is 0 Å². The van der Waals surface area contributed by atoms with Gasteiger partial charge in [-0.25, -0.2) is 14.4 Å². The second-order valence-corrected chi connectivity index (χ2v) is 11.2. The Balaban J connectivity index is 1.54. The smallest absolute Gasteiger partial charge is 0.311 e. The molecule has 1 aliphatic heterocycles. The van der Waals surface area contributed by atoms with Gasteiger partial charge in [-0.05, 0) is 75.6 Å². The molecule has 1 N–H and O–H groups in total. The zero-order valence-electron chi connectivity index (χ0n) is 20.8. The summed E-state index contributed by atoms with van der Waals surface area (Å²) >= 11 is 6.30. The Labute approximate surface area is 220 Å². The number of rotatable bonds is 7. The normalized spacial score (nSPS) is 15.3. The summed E-state index contributed by atoms with van der Waals surface area (Å²) in [4.78, 5) is 23.0. The first-order valence-electron chi connectivity index (χ1n) is 11.9. The van der Waals surface area contributed by atoms with E-state index in [4.69, 9.17) is 16.3 Å². The quantitative estimate of drug-likeness (QED) is 0.406. The fourth-order valence-corrected chi connectivity index (χ4v) is 5.37. The number of piperidine rings is 1. The van der Waals surface area contributed by atoms with Gasteiger partial charge in [0.25, 0.3) is 10.0 Å². The molecule has 2 aromatic heterocycles. The third-order valence-corrected chi connectivity index (χ3v) is 8.04. The standard InChI is InChI=1S/C26H28ClFN4O4S/c1-4-36-25(33)26(3)12-14-32(15-13-26)22-6-5-7-23(30-22)37(34,35)31-21-11-10-20(27)24(29-21)19-16-18(28)9-8-17(19)2/h5-11,16H,4,12-15H2,1-3H3,(H,29,31). The minimum absolute atomic E-state index is 0.0263. The fourth-order valence-electron chi connectivity index (χ4n) is 4.20. The van der Waals surface area contributed by atoms with E-state index in [-0.39, 0.29) is 27.5 Å². The Hall–Kier alpha value is -3.24. The number of anilines is 2. The lowest BCUT2D eigenvalue weighted by atomic mass is 9.80. The summed E-state index contributed by atoms with van der Waals surface area (Å²) in [6.45, 7) is 6.86. The maximum absolute atomic E-state index is 13.8. The van der Waals surface area contributed by atoms with Crippen LogP contribution in [0.15, 0.2) is 53.6 Å². The molecule has 0 amide bonds. The monoisotopic (exact) mass is 546 g/mol. The maximum atomic E-state index is 13.8. The second kappa shape index (κ2) is 10.6. The number of sulfonamides is 1. The summed E-state index contributed by atoms with van der Waals surface area (Å²) in [6.07, 6.45) is 1.14. The first kappa shape index (κ1) is 26.8. The molecule has 0 spiro atoms. The van der Waals surface area contributed by atoms with E-state index in [9.17, 15) is 17.6 Å². The van der Waals surface area contributed by atoms with Crippen LogP contribution in [0.2, 0.25) is 5.02 Å². The van der Waals surface area contributed by atoms with Gasteiger partial charge >= 0.3 is 5.97 Å². The van der Waals surface area contributed by atoms with Crippen molar-refractivity contribution in [2.75, 3.05) is 29.3 Å². The number of nitrogens with one attached hydrogen (secondary N) is 1. The van der Waals surface area contributed by atoms with Crippen LogP contribution < -0.4 is 9.62 Å². The number of pyridine rings is 2. The van der Waals surface area contributed by atoms with Crippen molar-refractivity contribution in [2.45, 2.75) is 38.6 Å². The fraction of sp³-hybridized carbons (Fsp3) is 0.346. The van der Waals surface area contributed by atoms with Crippen LogP contribution >= 0.6 is 11.6 Å². The van der Waals surface area contributed by atoms with Crippen molar-refractivity contribution in [3.8, 4) is 11.3 Å². The summed E-state index contributed by atoms with van der Waals surface area (Å²) in [5.74, 6) is -0.149. The van der Waals surface area contributed by atoms with E-state index >= 15 is 0 Å². The Morgan fingerprint density at radius 3 is 2.59 bits per heavy atom. The zero-order valence-corrected chi connectivity index (χ0v) is 22.4. The second-order valence-electron chi connectivity index (χ2n) is 9.19. The molecule has 0 radical (unpaired) electrons. The molecule has 1 aromatic carbocycles. The van der Waals surface area contributed by atoms with Crippen LogP contribution in [0, 0.1) is 18.2 Å². The van der Waals surface area contributed by atoms with E-state index in [0.717, 1.165) is 5.56 Å². The topological polar surface area (TPSA) is 101 Å².